The van der Waals surface area contributed by atoms with Gasteiger partial charge in [-0.3, -0.25) is 23.7 Å². The quantitative estimate of drug-likeness (QED) is 0.317. The van der Waals surface area contributed by atoms with Crippen LogP contribution < -0.4 is 10.9 Å². The van der Waals surface area contributed by atoms with Crippen molar-refractivity contribution in [2.45, 2.75) is 19.4 Å². The molecule has 0 atom stereocenters. The number of carboxylic acid groups (broad SMARTS) is 2. The molecule has 0 saturated heterocycles. The molecule has 0 aliphatic carbocycles. The van der Waals surface area contributed by atoms with Crippen molar-refractivity contribution in [2.24, 2.45) is 0 Å². The van der Waals surface area contributed by atoms with E-state index in [1.165, 1.54) is 17.4 Å². The Morgan fingerprint density at radius 2 is 1.61 bits per heavy atom. The number of nitrogens with zero attached hydrogens (tertiary/aromatic N) is 3. The van der Waals surface area contributed by atoms with Gasteiger partial charge in [-0.05, 0) is 42.5 Å². The number of carbonyl (C=O) groups excluding carboxylic acids is 1. The van der Waals surface area contributed by atoms with Crippen molar-refractivity contribution in [3.8, 4) is 11.4 Å². The zero-order valence-corrected chi connectivity index (χ0v) is 20.3. The van der Waals surface area contributed by atoms with Crippen LogP contribution in [0.25, 0.3) is 11.4 Å². The van der Waals surface area contributed by atoms with E-state index in [9.17, 15) is 19.2 Å². The molecule has 10 nitrogen and oxygen atoms in total. The molecule has 0 saturated carbocycles. The lowest BCUT2D eigenvalue weighted by atomic mass is 10.2. The smallest absolute Gasteiger partial charge is 0.303 e. The highest BCUT2D eigenvalue weighted by atomic mass is 35.5. The highest BCUT2D eigenvalue weighted by Crippen LogP contribution is 2.21. The molecule has 186 valence electrons. The molecular weight excluding hydrogens is 508 g/mol. The number of pyridine rings is 1. The van der Waals surface area contributed by atoms with Crippen LogP contribution in [-0.4, -0.2) is 42.2 Å². The Kier molecular flexibility index (Phi) is 9.14. The number of halogens is 1. The fraction of sp³-hybridized carbons (Fsp3) is 0.125. The highest BCUT2D eigenvalue weighted by molar-refractivity contribution is 7.17. The van der Waals surface area contributed by atoms with Crippen molar-refractivity contribution in [1.82, 2.24) is 19.4 Å². The number of amides is 1. The predicted octanol–water partition coefficient (Wildman–Crippen LogP) is 3.60. The fourth-order valence-corrected chi connectivity index (χ4v) is 3.89. The van der Waals surface area contributed by atoms with Crippen LogP contribution in [0.3, 0.4) is 0 Å². The SMILES string of the molecule is O=C(NCc1cn(-c2ccc(-n3ccccc3=O)cc2)cn1)c1ccc(Cl)s1.O=C(O)CCC(=O)O. The van der Waals surface area contributed by atoms with E-state index in [1.807, 2.05) is 41.1 Å². The minimum absolute atomic E-state index is 0.0806. The number of hydrogen-bond acceptors (Lipinski definition) is 6. The van der Waals surface area contributed by atoms with E-state index in [0.29, 0.717) is 15.8 Å². The molecule has 0 unspecified atom stereocenters. The van der Waals surface area contributed by atoms with Crippen molar-refractivity contribution in [2.75, 3.05) is 0 Å². The number of carbonyl (C=O) groups is 3. The van der Waals surface area contributed by atoms with Crippen LogP contribution in [0, 0.1) is 0 Å². The van der Waals surface area contributed by atoms with Crippen LogP contribution in [0.1, 0.15) is 28.2 Å². The van der Waals surface area contributed by atoms with E-state index in [4.69, 9.17) is 21.8 Å². The Morgan fingerprint density at radius 1 is 0.944 bits per heavy atom. The molecule has 1 aromatic carbocycles. The minimum Gasteiger partial charge on any atom is -0.481 e. The number of hydrogen-bond donors (Lipinski definition) is 3. The maximum absolute atomic E-state index is 12.1. The molecule has 0 fully saturated rings. The third kappa shape index (κ3) is 7.65. The van der Waals surface area contributed by atoms with Gasteiger partial charge in [0.05, 0.1) is 40.6 Å². The van der Waals surface area contributed by atoms with Crippen molar-refractivity contribution < 1.29 is 24.6 Å². The third-order valence-corrected chi connectivity index (χ3v) is 5.89. The Labute approximate surface area is 214 Å². The van der Waals surface area contributed by atoms with Crippen molar-refractivity contribution in [3.05, 3.63) is 98.6 Å². The first kappa shape index (κ1) is 26.4. The van der Waals surface area contributed by atoms with Crippen LogP contribution in [-0.2, 0) is 16.1 Å². The van der Waals surface area contributed by atoms with Crippen LogP contribution in [0.15, 0.2) is 78.1 Å². The van der Waals surface area contributed by atoms with E-state index in [2.05, 4.69) is 10.3 Å². The van der Waals surface area contributed by atoms with Crippen molar-refractivity contribution in [1.29, 1.82) is 0 Å². The predicted molar refractivity (Wildman–Crippen MR) is 134 cm³/mol. The normalized spacial score (nSPS) is 10.2. The van der Waals surface area contributed by atoms with Gasteiger partial charge in [-0.2, -0.15) is 0 Å². The van der Waals surface area contributed by atoms with Gasteiger partial charge >= 0.3 is 11.9 Å². The van der Waals surface area contributed by atoms with Gasteiger partial charge in [0.15, 0.2) is 0 Å². The number of aromatic nitrogens is 3. The van der Waals surface area contributed by atoms with Gasteiger partial charge < -0.3 is 20.1 Å². The number of rotatable bonds is 8. The summed E-state index contributed by atoms with van der Waals surface area (Å²) < 4.78 is 4.02. The summed E-state index contributed by atoms with van der Waals surface area (Å²) in [7, 11) is 0. The van der Waals surface area contributed by atoms with Crippen molar-refractivity contribution >= 4 is 40.8 Å². The molecule has 4 aromatic rings. The first-order chi connectivity index (χ1) is 17.2. The molecule has 0 radical (unpaired) electrons. The Bertz CT molecular complexity index is 1400. The monoisotopic (exact) mass is 528 g/mol. The summed E-state index contributed by atoms with van der Waals surface area (Å²) in [5, 5.41) is 18.6. The second-order valence-corrected chi connectivity index (χ2v) is 8.99. The molecule has 3 heterocycles. The lowest BCUT2D eigenvalue weighted by molar-refractivity contribution is -0.143. The van der Waals surface area contributed by atoms with Gasteiger partial charge in [-0.25, -0.2) is 4.98 Å². The molecule has 12 heteroatoms. The van der Waals surface area contributed by atoms with Crippen LogP contribution >= 0.6 is 22.9 Å². The van der Waals surface area contributed by atoms with Crippen molar-refractivity contribution in [3.63, 3.8) is 0 Å². The molecule has 3 N–H and O–H groups in total. The average Bonchev–Trinajstić information content (AvgIpc) is 3.51. The number of nitrogens with one attached hydrogen (secondary N) is 1. The summed E-state index contributed by atoms with van der Waals surface area (Å²) in [6.45, 7) is 0.318. The summed E-state index contributed by atoms with van der Waals surface area (Å²) in [4.78, 5) is 48.2. The molecule has 4 rings (SSSR count). The molecule has 3 aromatic heterocycles. The molecule has 0 aliphatic rings. The maximum atomic E-state index is 12.1. The van der Waals surface area contributed by atoms with E-state index in [1.54, 1.807) is 35.3 Å². The average molecular weight is 529 g/mol. The third-order valence-electron chi connectivity index (χ3n) is 4.66. The summed E-state index contributed by atoms with van der Waals surface area (Å²) in [6.07, 6.45) is 4.68. The molecule has 36 heavy (non-hydrogen) atoms. The minimum atomic E-state index is -1.08. The van der Waals surface area contributed by atoms with Crippen LogP contribution in [0.5, 0.6) is 0 Å². The number of carboxylic acids is 2. The van der Waals surface area contributed by atoms with E-state index < -0.39 is 11.9 Å². The molecule has 0 aliphatic heterocycles. The van der Waals surface area contributed by atoms with Gasteiger partial charge in [0.25, 0.3) is 11.5 Å². The van der Waals surface area contributed by atoms with Crippen LogP contribution in [0.2, 0.25) is 4.34 Å². The number of imidazole rings is 1. The molecule has 0 spiro atoms. The summed E-state index contributed by atoms with van der Waals surface area (Å²) in [6, 6.07) is 16.0. The zero-order chi connectivity index (χ0) is 26.1. The Morgan fingerprint density at radius 3 is 2.19 bits per heavy atom. The Hall–Kier alpha value is -4.22. The lowest BCUT2D eigenvalue weighted by Gasteiger charge is -2.07. The Balaban J connectivity index is 0.000000392. The first-order valence-corrected chi connectivity index (χ1v) is 11.7. The molecule has 1 amide bonds. The van der Waals surface area contributed by atoms with Gasteiger partial charge in [0.1, 0.15) is 0 Å². The summed E-state index contributed by atoms with van der Waals surface area (Å²) in [5.41, 5.74) is 2.35. The second kappa shape index (κ2) is 12.5. The van der Waals surface area contributed by atoms with E-state index >= 15 is 0 Å². The largest absolute Gasteiger partial charge is 0.481 e. The van der Waals surface area contributed by atoms with Gasteiger partial charge in [-0.15, -0.1) is 11.3 Å². The topological polar surface area (TPSA) is 144 Å². The summed E-state index contributed by atoms with van der Waals surface area (Å²) in [5.74, 6) is -2.33. The number of thiophene rings is 1. The fourth-order valence-electron chi connectivity index (χ4n) is 2.93. The van der Waals surface area contributed by atoms with Gasteiger partial charge in [-0.1, -0.05) is 17.7 Å². The van der Waals surface area contributed by atoms with E-state index in [0.717, 1.165) is 17.1 Å². The highest BCUT2D eigenvalue weighted by Gasteiger charge is 2.09. The maximum Gasteiger partial charge on any atom is 0.303 e. The lowest BCUT2D eigenvalue weighted by Crippen LogP contribution is -2.21. The number of aliphatic carboxylic acids is 2. The van der Waals surface area contributed by atoms with E-state index in [-0.39, 0.29) is 24.3 Å². The van der Waals surface area contributed by atoms with Gasteiger partial charge in [0, 0.05) is 29.8 Å². The second-order valence-electron chi connectivity index (χ2n) is 7.27. The standard InChI is InChI=1S/C20H15ClN4O2S.C4H6O4/c21-18-9-8-17(28-18)20(27)22-11-14-12-24(13-23-14)15-4-6-16(7-5-15)25-10-2-1-3-19(25)26;5-3(6)1-2-4(7)8/h1-10,12-13H,11H2,(H,22,27);1-2H2,(H,5,6)(H,7,8). The molecular formula is C24H21ClN4O6S. The zero-order valence-electron chi connectivity index (χ0n) is 18.7. The molecule has 0 bridgehead atoms. The summed E-state index contributed by atoms with van der Waals surface area (Å²) >= 11 is 7.09. The van der Waals surface area contributed by atoms with Crippen LogP contribution in [0.4, 0.5) is 0 Å². The number of benzene rings is 1. The first-order valence-electron chi connectivity index (χ1n) is 10.5. The van der Waals surface area contributed by atoms with Gasteiger partial charge in [0.2, 0.25) is 0 Å².